The number of piperidine rings is 1. The molecule has 1 aromatic carbocycles. The summed E-state index contributed by atoms with van der Waals surface area (Å²) >= 11 is 0. The first kappa shape index (κ1) is 15.5. The van der Waals surface area contributed by atoms with Crippen molar-refractivity contribution in [3.8, 4) is 0 Å². The molecule has 3 atom stereocenters. The van der Waals surface area contributed by atoms with Gasteiger partial charge in [0.1, 0.15) is 0 Å². The Morgan fingerprint density at radius 3 is 2.40 bits per heavy atom. The lowest BCUT2D eigenvalue weighted by Gasteiger charge is -2.46. The second-order valence-corrected chi connectivity index (χ2v) is 7.04. The summed E-state index contributed by atoms with van der Waals surface area (Å²) in [5.74, 6) is 0.310. The maximum atomic E-state index is 11.1. The van der Waals surface area contributed by atoms with Gasteiger partial charge in [0, 0.05) is 19.0 Å². The molecule has 1 N–H and O–H groups in total. The average Bonchev–Trinajstić information content (AvgIpc) is 2.34. The summed E-state index contributed by atoms with van der Waals surface area (Å²) in [7, 11) is 2.15. The van der Waals surface area contributed by atoms with Crippen molar-refractivity contribution < 1.29 is 5.11 Å². The van der Waals surface area contributed by atoms with Gasteiger partial charge in [-0.15, -0.1) is 0 Å². The van der Waals surface area contributed by atoms with Crippen molar-refractivity contribution in [3.05, 3.63) is 34.4 Å². The van der Waals surface area contributed by atoms with Crippen LogP contribution in [0.2, 0.25) is 0 Å². The van der Waals surface area contributed by atoms with E-state index in [0.29, 0.717) is 12.0 Å². The highest BCUT2D eigenvalue weighted by Crippen LogP contribution is 2.34. The van der Waals surface area contributed by atoms with Gasteiger partial charge in [-0.05, 0) is 69.3 Å². The molecule has 0 aliphatic carbocycles. The molecule has 0 saturated carbocycles. The van der Waals surface area contributed by atoms with Crippen LogP contribution in [-0.2, 0) is 6.42 Å². The molecule has 0 spiro atoms. The van der Waals surface area contributed by atoms with Crippen LogP contribution in [-0.4, -0.2) is 35.2 Å². The summed E-state index contributed by atoms with van der Waals surface area (Å²) in [6.07, 6.45) is 1.64. The molecule has 0 aromatic heterocycles. The summed E-state index contributed by atoms with van der Waals surface area (Å²) in [4.78, 5) is 2.35. The quantitative estimate of drug-likeness (QED) is 0.895. The van der Waals surface area contributed by atoms with Crippen LogP contribution < -0.4 is 0 Å². The molecule has 112 valence electrons. The summed E-state index contributed by atoms with van der Waals surface area (Å²) < 4.78 is 0. The number of likely N-dealkylation sites (tertiary alicyclic amines) is 1. The molecule has 1 aliphatic rings. The van der Waals surface area contributed by atoms with E-state index in [2.05, 4.69) is 58.7 Å². The summed E-state index contributed by atoms with van der Waals surface area (Å²) in [6, 6.07) is 4.96. The molecule has 2 heteroatoms. The van der Waals surface area contributed by atoms with E-state index in [1.165, 1.54) is 22.3 Å². The van der Waals surface area contributed by atoms with Crippen molar-refractivity contribution in [2.75, 3.05) is 13.6 Å². The Morgan fingerprint density at radius 2 is 1.75 bits per heavy atom. The molecular formula is C18H29NO. The van der Waals surface area contributed by atoms with Crippen LogP contribution in [0.4, 0.5) is 0 Å². The van der Waals surface area contributed by atoms with Crippen molar-refractivity contribution in [2.24, 2.45) is 5.92 Å². The molecule has 0 radical (unpaired) electrons. The van der Waals surface area contributed by atoms with Crippen molar-refractivity contribution in [1.82, 2.24) is 4.90 Å². The highest BCUT2D eigenvalue weighted by Gasteiger charge is 2.41. The molecule has 0 bridgehead atoms. The molecule has 1 aromatic rings. The maximum Gasteiger partial charge on any atom is 0.0740 e. The third-order valence-corrected chi connectivity index (χ3v) is 5.33. The number of hydrogen-bond acceptors (Lipinski definition) is 2. The van der Waals surface area contributed by atoms with E-state index in [1.54, 1.807) is 0 Å². The second-order valence-electron chi connectivity index (χ2n) is 7.04. The average molecular weight is 275 g/mol. The Kier molecular flexibility index (Phi) is 4.27. The normalized spacial score (nSPS) is 31.6. The molecule has 2 rings (SSSR count). The van der Waals surface area contributed by atoms with Gasteiger partial charge in [0.15, 0.2) is 0 Å². The number of hydrogen-bond donors (Lipinski definition) is 1. The van der Waals surface area contributed by atoms with Gasteiger partial charge in [-0.1, -0.05) is 19.1 Å². The molecule has 0 unspecified atom stereocenters. The standard InChI is InChI=1S/C18H29NO/c1-12-7-14(3)17(8-13(12)2)10-18(20)9-16(5)19(6)11-15(18)4/h7-8,15-16,20H,9-11H2,1-6H3/t15-,16-,18+/m0/s1. The zero-order valence-electron chi connectivity index (χ0n) is 13.8. The van der Waals surface area contributed by atoms with E-state index >= 15 is 0 Å². The topological polar surface area (TPSA) is 23.5 Å². The first-order valence-corrected chi connectivity index (χ1v) is 7.72. The van der Waals surface area contributed by atoms with Crippen LogP contribution in [0.5, 0.6) is 0 Å². The summed E-state index contributed by atoms with van der Waals surface area (Å²) in [5, 5.41) is 11.1. The van der Waals surface area contributed by atoms with Crippen molar-refractivity contribution >= 4 is 0 Å². The number of benzene rings is 1. The number of nitrogens with zero attached hydrogens (tertiary/aromatic N) is 1. The van der Waals surface area contributed by atoms with Crippen molar-refractivity contribution in [2.45, 2.75) is 59.1 Å². The van der Waals surface area contributed by atoms with Gasteiger partial charge in [0.2, 0.25) is 0 Å². The lowest BCUT2D eigenvalue weighted by atomic mass is 9.74. The molecular weight excluding hydrogens is 246 g/mol. The molecule has 1 saturated heterocycles. The Bertz CT molecular complexity index is 496. The molecule has 1 fully saturated rings. The summed E-state index contributed by atoms with van der Waals surface area (Å²) in [6.45, 7) is 11.8. The summed E-state index contributed by atoms with van der Waals surface area (Å²) in [5.41, 5.74) is 4.70. The van der Waals surface area contributed by atoms with Crippen molar-refractivity contribution in [1.29, 1.82) is 0 Å². The first-order chi connectivity index (χ1) is 9.23. The minimum Gasteiger partial charge on any atom is -0.389 e. The first-order valence-electron chi connectivity index (χ1n) is 7.72. The Labute approximate surface area is 123 Å². The van der Waals surface area contributed by atoms with Crippen LogP contribution in [0.25, 0.3) is 0 Å². The molecule has 1 aliphatic heterocycles. The number of aliphatic hydroxyl groups is 1. The van der Waals surface area contributed by atoms with E-state index in [0.717, 1.165) is 19.4 Å². The van der Waals surface area contributed by atoms with E-state index in [4.69, 9.17) is 0 Å². The fourth-order valence-electron chi connectivity index (χ4n) is 3.44. The van der Waals surface area contributed by atoms with Crippen LogP contribution in [0.3, 0.4) is 0 Å². The van der Waals surface area contributed by atoms with Crippen LogP contribution >= 0.6 is 0 Å². The maximum absolute atomic E-state index is 11.1. The lowest BCUT2D eigenvalue weighted by Crippen LogP contribution is -2.54. The van der Waals surface area contributed by atoms with Gasteiger partial charge >= 0.3 is 0 Å². The van der Waals surface area contributed by atoms with Gasteiger partial charge in [-0.25, -0.2) is 0 Å². The van der Waals surface area contributed by atoms with Crippen LogP contribution in [0, 0.1) is 26.7 Å². The van der Waals surface area contributed by atoms with Gasteiger partial charge in [-0.2, -0.15) is 0 Å². The fraction of sp³-hybridized carbons (Fsp3) is 0.667. The predicted molar refractivity (Wildman–Crippen MR) is 85.2 cm³/mol. The van der Waals surface area contributed by atoms with Crippen LogP contribution in [0.15, 0.2) is 12.1 Å². The second kappa shape index (κ2) is 5.50. The highest BCUT2D eigenvalue weighted by molar-refractivity contribution is 5.37. The molecule has 20 heavy (non-hydrogen) atoms. The van der Waals surface area contributed by atoms with E-state index in [-0.39, 0.29) is 0 Å². The fourth-order valence-corrected chi connectivity index (χ4v) is 3.44. The zero-order chi connectivity index (χ0) is 15.1. The molecule has 0 amide bonds. The number of rotatable bonds is 2. The minimum atomic E-state index is -0.571. The van der Waals surface area contributed by atoms with E-state index < -0.39 is 5.60 Å². The third kappa shape index (κ3) is 2.91. The van der Waals surface area contributed by atoms with Gasteiger partial charge in [0.25, 0.3) is 0 Å². The Morgan fingerprint density at radius 1 is 1.15 bits per heavy atom. The van der Waals surface area contributed by atoms with E-state index in [9.17, 15) is 5.11 Å². The highest BCUT2D eigenvalue weighted by atomic mass is 16.3. The molecule has 1 heterocycles. The lowest BCUT2D eigenvalue weighted by molar-refractivity contribution is -0.0779. The monoisotopic (exact) mass is 275 g/mol. The van der Waals surface area contributed by atoms with E-state index in [1.807, 2.05) is 0 Å². The predicted octanol–water partition coefficient (Wildman–Crippen LogP) is 3.25. The van der Waals surface area contributed by atoms with Gasteiger partial charge < -0.3 is 10.0 Å². The van der Waals surface area contributed by atoms with Crippen molar-refractivity contribution in [3.63, 3.8) is 0 Å². The SMILES string of the molecule is Cc1cc(C)c(C[C@]2(O)C[C@H](C)N(C)C[C@@H]2C)cc1C. The van der Waals surface area contributed by atoms with Crippen LogP contribution in [0.1, 0.15) is 42.5 Å². The largest absolute Gasteiger partial charge is 0.389 e. The minimum absolute atomic E-state index is 0.310. The Balaban J connectivity index is 2.26. The third-order valence-electron chi connectivity index (χ3n) is 5.33. The zero-order valence-corrected chi connectivity index (χ0v) is 13.8. The Hall–Kier alpha value is -0.860. The smallest absolute Gasteiger partial charge is 0.0740 e. The van der Waals surface area contributed by atoms with Gasteiger partial charge in [0.05, 0.1) is 5.60 Å². The number of aryl methyl sites for hydroxylation is 3. The van der Waals surface area contributed by atoms with Gasteiger partial charge in [-0.3, -0.25) is 0 Å². The molecule has 2 nitrogen and oxygen atoms in total.